The summed E-state index contributed by atoms with van der Waals surface area (Å²) in [5, 5.41) is 0. The van der Waals surface area contributed by atoms with Crippen molar-refractivity contribution in [2.45, 2.75) is 70.5 Å². The van der Waals surface area contributed by atoms with Crippen molar-refractivity contribution < 1.29 is 4.79 Å². The fraction of sp³-hybridized carbons (Fsp3) is 0.458. The third-order valence-electron chi connectivity index (χ3n) is 6.04. The van der Waals surface area contributed by atoms with E-state index in [1.807, 2.05) is 0 Å². The summed E-state index contributed by atoms with van der Waals surface area (Å²) in [5.74, 6) is 0.413. The lowest BCUT2D eigenvalue weighted by Crippen LogP contribution is -2.57. The molecule has 2 heteroatoms. The summed E-state index contributed by atoms with van der Waals surface area (Å²) in [6.45, 7) is 9.29. The van der Waals surface area contributed by atoms with Gasteiger partial charge in [0.05, 0.1) is 0 Å². The van der Waals surface area contributed by atoms with Gasteiger partial charge < -0.3 is 0 Å². The van der Waals surface area contributed by atoms with Crippen molar-refractivity contribution in [3.63, 3.8) is 0 Å². The third kappa shape index (κ3) is 3.61. The van der Waals surface area contributed by atoms with E-state index < -0.39 is 0 Å². The fourth-order valence-corrected chi connectivity index (χ4v) is 4.76. The normalized spacial score (nSPS) is 16.9. The van der Waals surface area contributed by atoms with Gasteiger partial charge in [0.2, 0.25) is 0 Å². The molecule has 0 aromatic heterocycles. The Morgan fingerprint density at radius 2 is 1.12 bits per heavy atom. The van der Waals surface area contributed by atoms with E-state index in [9.17, 15) is 4.79 Å². The number of ketones is 1. The molecule has 0 bridgehead atoms. The molecule has 2 aromatic rings. The van der Waals surface area contributed by atoms with E-state index in [1.165, 1.54) is 11.1 Å². The zero-order valence-corrected chi connectivity index (χ0v) is 16.5. The number of carbonyl (C=O) groups excluding carboxylic acids is 1. The van der Waals surface area contributed by atoms with Gasteiger partial charge in [-0.2, -0.15) is 0 Å². The van der Waals surface area contributed by atoms with E-state index in [2.05, 4.69) is 93.3 Å². The van der Waals surface area contributed by atoms with E-state index in [0.29, 0.717) is 24.7 Å². The van der Waals surface area contributed by atoms with Crippen molar-refractivity contribution >= 4 is 5.78 Å². The number of rotatable bonds is 5. The molecular weight excluding hydrogens is 318 g/mol. The lowest BCUT2D eigenvalue weighted by Gasteiger charge is -2.54. The molecule has 0 radical (unpaired) electrons. The van der Waals surface area contributed by atoms with Gasteiger partial charge in [-0.15, -0.1) is 0 Å². The SMILES string of the molecule is CC(C)(c1ccccc1)N(C1CCC(=O)CC1)C(C)(C)c1ccccc1. The Morgan fingerprint density at radius 1 is 0.731 bits per heavy atom. The largest absolute Gasteiger partial charge is 0.300 e. The monoisotopic (exact) mass is 349 g/mol. The minimum Gasteiger partial charge on any atom is -0.300 e. The van der Waals surface area contributed by atoms with Gasteiger partial charge in [0.15, 0.2) is 0 Å². The van der Waals surface area contributed by atoms with Crippen LogP contribution in [0.2, 0.25) is 0 Å². The van der Waals surface area contributed by atoms with Crippen LogP contribution in [-0.4, -0.2) is 16.7 Å². The molecule has 1 fully saturated rings. The molecule has 0 saturated heterocycles. The molecule has 1 saturated carbocycles. The first-order valence-electron chi connectivity index (χ1n) is 9.75. The highest BCUT2D eigenvalue weighted by molar-refractivity contribution is 5.79. The summed E-state index contributed by atoms with van der Waals surface area (Å²) in [6.07, 6.45) is 3.31. The van der Waals surface area contributed by atoms with Crippen LogP contribution in [0.25, 0.3) is 0 Å². The van der Waals surface area contributed by atoms with Crippen LogP contribution in [0, 0.1) is 0 Å². The second-order valence-electron chi connectivity index (χ2n) is 8.49. The summed E-state index contributed by atoms with van der Waals surface area (Å²) in [5.41, 5.74) is 2.37. The maximum Gasteiger partial charge on any atom is 0.133 e. The minimum atomic E-state index is -0.133. The van der Waals surface area contributed by atoms with Crippen molar-refractivity contribution in [3.8, 4) is 0 Å². The summed E-state index contributed by atoms with van der Waals surface area (Å²) in [6, 6.07) is 21.9. The molecule has 1 aliphatic carbocycles. The average molecular weight is 350 g/mol. The van der Waals surface area contributed by atoms with E-state index in [0.717, 1.165) is 12.8 Å². The van der Waals surface area contributed by atoms with Gasteiger partial charge in [-0.1, -0.05) is 60.7 Å². The molecule has 0 N–H and O–H groups in total. The second kappa shape index (κ2) is 7.36. The summed E-state index contributed by atoms with van der Waals surface area (Å²) in [7, 11) is 0. The van der Waals surface area contributed by atoms with Gasteiger partial charge in [-0.05, 0) is 51.7 Å². The van der Waals surface area contributed by atoms with Gasteiger partial charge in [-0.25, -0.2) is 0 Å². The van der Waals surface area contributed by atoms with E-state index in [4.69, 9.17) is 0 Å². The van der Waals surface area contributed by atoms with Gasteiger partial charge in [-0.3, -0.25) is 9.69 Å². The first-order valence-corrected chi connectivity index (χ1v) is 9.75. The highest BCUT2D eigenvalue weighted by atomic mass is 16.1. The minimum absolute atomic E-state index is 0.133. The summed E-state index contributed by atoms with van der Waals surface area (Å²) < 4.78 is 0. The van der Waals surface area contributed by atoms with Crippen molar-refractivity contribution in [2.75, 3.05) is 0 Å². The van der Waals surface area contributed by atoms with E-state index in [-0.39, 0.29) is 11.1 Å². The first-order chi connectivity index (χ1) is 12.3. The lowest BCUT2D eigenvalue weighted by atomic mass is 9.79. The maximum atomic E-state index is 11.9. The number of Topliss-reactive ketones (excluding diaryl/α,β-unsaturated/α-hetero) is 1. The number of hydrogen-bond acceptors (Lipinski definition) is 2. The third-order valence-corrected chi connectivity index (χ3v) is 6.04. The molecule has 0 spiro atoms. The average Bonchev–Trinajstić information content (AvgIpc) is 2.65. The van der Waals surface area contributed by atoms with Crippen LogP contribution in [-0.2, 0) is 15.9 Å². The predicted molar refractivity (Wildman–Crippen MR) is 108 cm³/mol. The standard InChI is InChI=1S/C24H31NO/c1-23(2,19-11-7-5-8-12-19)25(21-15-17-22(26)18-16-21)24(3,4)20-13-9-6-10-14-20/h5-14,21H,15-18H2,1-4H3. The van der Waals surface area contributed by atoms with Crippen LogP contribution in [0.5, 0.6) is 0 Å². The second-order valence-corrected chi connectivity index (χ2v) is 8.49. The Hall–Kier alpha value is -1.93. The molecule has 26 heavy (non-hydrogen) atoms. The maximum absolute atomic E-state index is 11.9. The molecule has 3 rings (SSSR count). The van der Waals surface area contributed by atoms with Gasteiger partial charge in [0.1, 0.15) is 5.78 Å². The van der Waals surface area contributed by atoms with Crippen LogP contribution in [0.4, 0.5) is 0 Å². The molecule has 0 unspecified atom stereocenters. The van der Waals surface area contributed by atoms with Crippen LogP contribution < -0.4 is 0 Å². The number of nitrogens with zero attached hydrogens (tertiary/aromatic N) is 1. The highest BCUT2D eigenvalue weighted by Crippen LogP contribution is 2.43. The smallest absolute Gasteiger partial charge is 0.133 e. The molecule has 0 heterocycles. The topological polar surface area (TPSA) is 20.3 Å². The van der Waals surface area contributed by atoms with E-state index in [1.54, 1.807) is 0 Å². The van der Waals surface area contributed by atoms with E-state index >= 15 is 0 Å². The molecular formula is C24H31NO. The predicted octanol–water partition coefficient (Wildman–Crippen LogP) is 5.67. The van der Waals surface area contributed by atoms with Gasteiger partial charge in [0, 0.05) is 30.0 Å². The zero-order valence-electron chi connectivity index (χ0n) is 16.5. The Morgan fingerprint density at radius 3 is 1.50 bits per heavy atom. The Labute approximate surface area is 158 Å². The molecule has 0 aliphatic heterocycles. The first kappa shape index (κ1) is 18.8. The van der Waals surface area contributed by atoms with Crippen molar-refractivity contribution in [1.29, 1.82) is 0 Å². The summed E-state index contributed by atoms with van der Waals surface area (Å²) >= 11 is 0. The molecule has 0 atom stereocenters. The quantitative estimate of drug-likeness (QED) is 0.693. The Balaban J connectivity index is 2.06. The molecule has 1 aliphatic rings. The van der Waals surface area contributed by atoms with Crippen LogP contribution in [0.3, 0.4) is 0 Å². The van der Waals surface area contributed by atoms with Crippen LogP contribution in [0.1, 0.15) is 64.5 Å². The molecule has 2 nitrogen and oxygen atoms in total. The Kier molecular flexibility index (Phi) is 5.34. The fourth-order valence-electron chi connectivity index (χ4n) is 4.76. The lowest BCUT2D eigenvalue weighted by molar-refractivity contribution is -0.123. The van der Waals surface area contributed by atoms with Gasteiger partial charge >= 0.3 is 0 Å². The van der Waals surface area contributed by atoms with Crippen molar-refractivity contribution in [3.05, 3.63) is 71.8 Å². The number of hydrogen-bond donors (Lipinski definition) is 0. The number of carbonyl (C=O) groups is 1. The van der Waals surface area contributed by atoms with Gasteiger partial charge in [0.25, 0.3) is 0 Å². The molecule has 138 valence electrons. The molecule has 0 amide bonds. The highest BCUT2D eigenvalue weighted by Gasteiger charge is 2.44. The Bertz CT molecular complexity index is 672. The van der Waals surface area contributed by atoms with Crippen molar-refractivity contribution in [2.24, 2.45) is 0 Å². The number of benzene rings is 2. The van der Waals surface area contributed by atoms with Crippen LogP contribution >= 0.6 is 0 Å². The van der Waals surface area contributed by atoms with Crippen LogP contribution in [0.15, 0.2) is 60.7 Å². The zero-order chi connectivity index (χ0) is 18.8. The summed E-state index contributed by atoms with van der Waals surface area (Å²) in [4.78, 5) is 14.5. The molecule has 2 aromatic carbocycles. The van der Waals surface area contributed by atoms with Crippen molar-refractivity contribution in [1.82, 2.24) is 4.90 Å².